The summed E-state index contributed by atoms with van der Waals surface area (Å²) in [5, 5.41) is 7.30. The van der Waals surface area contributed by atoms with Gasteiger partial charge in [-0.1, -0.05) is 11.6 Å². The molecular weight excluding hydrogens is 343 g/mol. The summed E-state index contributed by atoms with van der Waals surface area (Å²) >= 11 is 6.19. The van der Waals surface area contributed by atoms with Gasteiger partial charge in [0.2, 0.25) is 0 Å². The zero-order chi connectivity index (χ0) is 17.4. The topological polar surface area (TPSA) is 59.8 Å². The molecule has 5 nitrogen and oxygen atoms in total. The Balaban J connectivity index is 1.70. The molecule has 0 bridgehead atoms. The van der Waals surface area contributed by atoms with Crippen molar-refractivity contribution in [2.45, 2.75) is 18.9 Å². The maximum Gasteiger partial charge on any atom is 0.254 e. The summed E-state index contributed by atoms with van der Waals surface area (Å²) in [4.78, 5) is 16.3. The fourth-order valence-corrected chi connectivity index (χ4v) is 2.79. The molecule has 1 aromatic carbocycles. The van der Waals surface area contributed by atoms with Crippen LogP contribution in [0.1, 0.15) is 23.2 Å². The van der Waals surface area contributed by atoms with E-state index in [-0.39, 0.29) is 16.6 Å². The van der Waals surface area contributed by atoms with Gasteiger partial charge in [0.05, 0.1) is 28.7 Å². The molecule has 0 spiro atoms. The molecule has 0 aliphatic heterocycles. The third kappa shape index (κ3) is 3.25. The first-order valence-electron chi connectivity index (χ1n) is 7.87. The van der Waals surface area contributed by atoms with Gasteiger partial charge in [-0.05, 0) is 37.1 Å². The molecule has 1 saturated carbocycles. The van der Waals surface area contributed by atoms with Crippen LogP contribution in [0.4, 0.5) is 4.39 Å². The number of benzene rings is 1. The lowest BCUT2D eigenvalue weighted by molar-refractivity contribution is 0.0947. The number of hydrogen-bond donors (Lipinski definition) is 1. The number of nitrogens with one attached hydrogen (secondary N) is 1. The molecule has 7 heteroatoms. The number of aromatic nitrogens is 3. The number of carbonyl (C=O) groups excluding carboxylic acids is 1. The van der Waals surface area contributed by atoms with Gasteiger partial charge >= 0.3 is 0 Å². The minimum atomic E-state index is -0.633. The summed E-state index contributed by atoms with van der Waals surface area (Å²) in [5.74, 6) is -1.05. The predicted octanol–water partition coefficient (Wildman–Crippen LogP) is 3.62. The monoisotopic (exact) mass is 356 g/mol. The lowest BCUT2D eigenvalue weighted by Crippen LogP contribution is -2.26. The molecule has 25 heavy (non-hydrogen) atoms. The van der Waals surface area contributed by atoms with Crippen molar-refractivity contribution >= 4 is 17.5 Å². The van der Waals surface area contributed by atoms with Crippen LogP contribution in [0.5, 0.6) is 0 Å². The van der Waals surface area contributed by atoms with E-state index in [4.69, 9.17) is 11.6 Å². The van der Waals surface area contributed by atoms with E-state index in [1.54, 1.807) is 29.5 Å². The Morgan fingerprint density at radius 2 is 2.16 bits per heavy atom. The molecule has 1 aliphatic carbocycles. The number of halogens is 2. The maximum absolute atomic E-state index is 14.2. The van der Waals surface area contributed by atoms with E-state index >= 15 is 0 Å². The van der Waals surface area contributed by atoms with E-state index in [9.17, 15) is 9.18 Å². The third-order valence-corrected chi connectivity index (χ3v) is 4.33. The lowest BCUT2D eigenvalue weighted by Gasteiger charge is -2.08. The van der Waals surface area contributed by atoms with Crippen molar-refractivity contribution in [2.75, 3.05) is 0 Å². The fourth-order valence-electron chi connectivity index (χ4n) is 2.53. The first kappa shape index (κ1) is 15.8. The number of amides is 1. The predicted molar refractivity (Wildman–Crippen MR) is 92.3 cm³/mol. The summed E-state index contributed by atoms with van der Waals surface area (Å²) in [5.41, 5.74) is 2.02. The van der Waals surface area contributed by atoms with Gasteiger partial charge in [0.15, 0.2) is 0 Å². The van der Waals surface area contributed by atoms with E-state index in [1.807, 2.05) is 12.1 Å². The Morgan fingerprint density at radius 3 is 2.88 bits per heavy atom. The Labute approximate surface area is 148 Å². The largest absolute Gasteiger partial charge is 0.349 e. The van der Waals surface area contributed by atoms with Gasteiger partial charge in [-0.15, -0.1) is 0 Å². The fraction of sp³-hybridized carbons (Fsp3) is 0.167. The second-order valence-electron chi connectivity index (χ2n) is 5.94. The van der Waals surface area contributed by atoms with Crippen LogP contribution in [0.3, 0.4) is 0 Å². The van der Waals surface area contributed by atoms with Crippen LogP contribution in [0.25, 0.3) is 16.8 Å². The normalized spacial score (nSPS) is 13.7. The van der Waals surface area contributed by atoms with E-state index in [0.717, 1.165) is 18.5 Å². The van der Waals surface area contributed by atoms with E-state index < -0.39 is 11.7 Å². The molecule has 0 atom stereocenters. The van der Waals surface area contributed by atoms with Crippen molar-refractivity contribution in [3.63, 3.8) is 0 Å². The molecule has 0 unspecified atom stereocenters. The highest BCUT2D eigenvalue weighted by molar-refractivity contribution is 6.33. The first-order valence-corrected chi connectivity index (χ1v) is 8.25. The van der Waals surface area contributed by atoms with Gasteiger partial charge in [0.1, 0.15) is 5.82 Å². The summed E-state index contributed by atoms with van der Waals surface area (Å²) in [6.07, 6.45) is 8.61. The molecule has 4 rings (SSSR count). The van der Waals surface area contributed by atoms with Crippen molar-refractivity contribution in [3.05, 3.63) is 65.5 Å². The minimum Gasteiger partial charge on any atom is -0.349 e. The van der Waals surface area contributed by atoms with E-state index in [2.05, 4.69) is 15.4 Å². The van der Waals surface area contributed by atoms with Crippen molar-refractivity contribution in [1.29, 1.82) is 0 Å². The smallest absolute Gasteiger partial charge is 0.254 e. The first-order chi connectivity index (χ1) is 12.1. The van der Waals surface area contributed by atoms with Gasteiger partial charge in [-0.2, -0.15) is 5.10 Å². The van der Waals surface area contributed by atoms with Gasteiger partial charge in [-0.25, -0.2) is 9.07 Å². The van der Waals surface area contributed by atoms with Crippen molar-refractivity contribution in [1.82, 2.24) is 20.1 Å². The van der Waals surface area contributed by atoms with Crippen LogP contribution in [0.2, 0.25) is 5.02 Å². The molecule has 1 N–H and O–H groups in total. The standard InChI is InChI=1S/C18H14ClFN4O/c19-16-7-17(20)15(18(25)23-12-3-4-12)6-14(16)11-8-22-24(10-11)13-2-1-5-21-9-13/h1-2,5-10,12H,3-4H2,(H,23,25). The summed E-state index contributed by atoms with van der Waals surface area (Å²) in [6.45, 7) is 0. The lowest BCUT2D eigenvalue weighted by atomic mass is 10.0. The highest BCUT2D eigenvalue weighted by Crippen LogP contribution is 2.31. The van der Waals surface area contributed by atoms with E-state index in [0.29, 0.717) is 11.1 Å². The highest BCUT2D eigenvalue weighted by Gasteiger charge is 2.26. The molecule has 1 fully saturated rings. The molecule has 0 radical (unpaired) electrons. The van der Waals surface area contributed by atoms with Crippen LogP contribution in [-0.4, -0.2) is 26.7 Å². The SMILES string of the molecule is O=C(NC1CC1)c1cc(-c2cnn(-c3cccnc3)c2)c(Cl)cc1F. The zero-order valence-electron chi connectivity index (χ0n) is 13.1. The van der Waals surface area contributed by atoms with Crippen LogP contribution < -0.4 is 5.32 Å². The van der Waals surface area contributed by atoms with Gasteiger partial charge in [0, 0.05) is 29.6 Å². The highest BCUT2D eigenvalue weighted by atomic mass is 35.5. The number of pyridine rings is 1. The van der Waals surface area contributed by atoms with Crippen LogP contribution in [0, 0.1) is 5.82 Å². The number of rotatable bonds is 4. The van der Waals surface area contributed by atoms with E-state index in [1.165, 1.54) is 12.1 Å². The van der Waals surface area contributed by atoms with Crippen LogP contribution in [0.15, 0.2) is 49.1 Å². The third-order valence-electron chi connectivity index (χ3n) is 4.02. The van der Waals surface area contributed by atoms with Gasteiger partial charge < -0.3 is 5.32 Å². The average molecular weight is 357 g/mol. The Hall–Kier alpha value is -2.73. The molecule has 1 amide bonds. The second kappa shape index (κ2) is 6.29. The summed E-state index contributed by atoms with van der Waals surface area (Å²) in [6, 6.07) is 6.46. The molecule has 0 saturated heterocycles. The molecule has 2 aromatic heterocycles. The summed E-state index contributed by atoms with van der Waals surface area (Å²) < 4.78 is 15.8. The molecule has 3 aromatic rings. The molecule has 2 heterocycles. The Bertz CT molecular complexity index is 938. The summed E-state index contributed by atoms with van der Waals surface area (Å²) in [7, 11) is 0. The second-order valence-corrected chi connectivity index (χ2v) is 6.35. The average Bonchev–Trinajstić information content (AvgIpc) is 3.28. The van der Waals surface area contributed by atoms with Crippen molar-refractivity contribution in [2.24, 2.45) is 0 Å². The molecule has 126 valence electrons. The van der Waals surface area contributed by atoms with Crippen molar-refractivity contribution < 1.29 is 9.18 Å². The minimum absolute atomic E-state index is 0.0135. The van der Waals surface area contributed by atoms with Gasteiger partial charge in [0.25, 0.3) is 5.91 Å². The Kier molecular flexibility index (Phi) is 3.97. The van der Waals surface area contributed by atoms with Gasteiger partial charge in [-0.3, -0.25) is 9.78 Å². The number of hydrogen-bond acceptors (Lipinski definition) is 3. The van der Waals surface area contributed by atoms with Crippen LogP contribution >= 0.6 is 11.6 Å². The molecule has 1 aliphatic rings. The Morgan fingerprint density at radius 1 is 1.32 bits per heavy atom. The zero-order valence-corrected chi connectivity index (χ0v) is 13.9. The molecular formula is C18H14ClFN4O. The maximum atomic E-state index is 14.2. The van der Waals surface area contributed by atoms with Crippen LogP contribution in [-0.2, 0) is 0 Å². The number of carbonyl (C=O) groups is 1. The quantitative estimate of drug-likeness (QED) is 0.776. The number of nitrogens with zero attached hydrogens (tertiary/aromatic N) is 3. The van der Waals surface area contributed by atoms with Crippen molar-refractivity contribution in [3.8, 4) is 16.8 Å².